The lowest BCUT2D eigenvalue weighted by Gasteiger charge is -2.16. The van der Waals surface area contributed by atoms with Crippen LogP contribution in [-0.2, 0) is 28.4 Å². The maximum atomic E-state index is 11.6. The van der Waals surface area contributed by atoms with Gasteiger partial charge < -0.3 is 5.32 Å². The van der Waals surface area contributed by atoms with Crippen LogP contribution in [0.2, 0.25) is 0 Å². The summed E-state index contributed by atoms with van der Waals surface area (Å²) >= 11 is 0. The van der Waals surface area contributed by atoms with Crippen molar-refractivity contribution in [2.24, 2.45) is 5.92 Å². The summed E-state index contributed by atoms with van der Waals surface area (Å²) in [4.78, 5) is 8.82. The maximum Gasteiger partial charge on any atom is 0.156 e. The Labute approximate surface area is 107 Å². The van der Waals surface area contributed by atoms with Gasteiger partial charge in [-0.2, -0.15) is 0 Å². The highest BCUT2D eigenvalue weighted by atomic mass is 32.2. The van der Waals surface area contributed by atoms with E-state index in [2.05, 4.69) is 15.3 Å². The van der Waals surface area contributed by atoms with Crippen molar-refractivity contribution in [1.82, 2.24) is 15.3 Å². The van der Waals surface area contributed by atoms with Crippen molar-refractivity contribution in [2.45, 2.75) is 25.0 Å². The Kier molecular flexibility index (Phi) is 3.07. The predicted molar refractivity (Wildman–Crippen MR) is 67.9 cm³/mol. The molecule has 0 aliphatic carbocycles. The zero-order valence-electron chi connectivity index (χ0n) is 10.2. The summed E-state index contributed by atoms with van der Waals surface area (Å²) in [6.07, 6.45) is 4.37. The lowest BCUT2D eigenvalue weighted by atomic mass is 10.0. The van der Waals surface area contributed by atoms with Crippen LogP contribution in [0.25, 0.3) is 0 Å². The van der Waals surface area contributed by atoms with Gasteiger partial charge >= 0.3 is 0 Å². The molecule has 0 spiro atoms. The van der Waals surface area contributed by atoms with Crippen molar-refractivity contribution in [1.29, 1.82) is 0 Å². The molecule has 5 nitrogen and oxygen atoms in total. The highest BCUT2D eigenvalue weighted by molar-refractivity contribution is 7.90. The normalized spacial score (nSPS) is 25.9. The van der Waals surface area contributed by atoms with Gasteiger partial charge in [-0.3, -0.25) is 0 Å². The molecule has 6 heteroatoms. The highest BCUT2D eigenvalue weighted by Crippen LogP contribution is 2.19. The molecule has 2 aliphatic heterocycles. The minimum Gasteiger partial charge on any atom is -0.316 e. The highest BCUT2D eigenvalue weighted by Gasteiger charge is 2.24. The average Bonchev–Trinajstić information content (AvgIpc) is 2.80. The minimum absolute atomic E-state index is 0.0841. The van der Waals surface area contributed by atoms with Crippen LogP contribution in [0.4, 0.5) is 0 Å². The van der Waals surface area contributed by atoms with E-state index in [4.69, 9.17) is 0 Å². The second kappa shape index (κ2) is 4.59. The minimum atomic E-state index is -2.94. The number of hydrogen-bond acceptors (Lipinski definition) is 5. The number of sulfone groups is 1. The summed E-state index contributed by atoms with van der Waals surface area (Å²) in [5.41, 5.74) is 1.72. The summed E-state index contributed by atoms with van der Waals surface area (Å²) in [6, 6.07) is 0. The van der Waals surface area contributed by atoms with E-state index in [0.717, 1.165) is 43.0 Å². The molecule has 1 saturated heterocycles. The topological polar surface area (TPSA) is 72.0 Å². The number of aryl methyl sites for hydroxylation is 1. The van der Waals surface area contributed by atoms with Crippen molar-refractivity contribution >= 4 is 9.84 Å². The first-order chi connectivity index (χ1) is 8.62. The van der Waals surface area contributed by atoms with Crippen molar-refractivity contribution in [3.8, 4) is 0 Å². The van der Waals surface area contributed by atoms with Crippen LogP contribution in [-0.4, -0.2) is 37.2 Å². The molecule has 1 unspecified atom stereocenters. The van der Waals surface area contributed by atoms with Gasteiger partial charge in [0.1, 0.15) is 5.82 Å². The summed E-state index contributed by atoms with van der Waals surface area (Å²) in [5, 5.41) is 3.32. The molecule has 0 radical (unpaired) electrons. The van der Waals surface area contributed by atoms with E-state index in [0.29, 0.717) is 12.3 Å². The van der Waals surface area contributed by atoms with Gasteiger partial charge in [0.25, 0.3) is 0 Å². The molecular weight excluding hydrogens is 250 g/mol. The molecule has 3 heterocycles. The molecule has 1 fully saturated rings. The molecule has 18 heavy (non-hydrogen) atoms. The number of nitrogens with one attached hydrogen (secondary N) is 1. The van der Waals surface area contributed by atoms with Gasteiger partial charge in [-0.15, -0.1) is 0 Å². The first kappa shape index (κ1) is 12.0. The van der Waals surface area contributed by atoms with Gasteiger partial charge in [0.15, 0.2) is 9.84 Å². The lowest BCUT2D eigenvalue weighted by molar-refractivity contribution is 0.557. The smallest absolute Gasteiger partial charge is 0.156 e. The molecule has 1 aromatic heterocycles. The Bertz CT molecular complexity index is 550. The van der Waals surface area contributed by atoms with E-state index in [1.165, 1.54) is 0 Å². The second-order valence-corrected chi connectivity index (χ2v) is 7.35. The third kappa shape index (κ3) is 2.54. The van der Waals surface area contributed by atoms with Crippen LogP contribution >= 0.6 is 0 Å². The van der Waals surface area contributed by atoms with Crippen LogP contribution in [0.3, 0.4) is 0 Å². The third-order valence-corrected chi connectivity index (χ3v) is 5.22. The molecule has 1 atom stereocenters. The molecule has 0 aromatic carbocycles. The third-order valence-electron chi connectivity index (χ3n) is 3.68. The van der Waals surface area contributed by atoms with E-state index in [-0.39, 0.29) is 11.5 Å². The summed E-state index contributed by atoms with van der Waals surface area (Å²) in [6.45, 7) is 2.07. The maximum absolute atomic E-state index is 11.6. The molecule has 1 N–H and O–H groups in total. The van der Waals surface area contributed by atoms with Crippen LogP contribution in [0.1, 0.15) is 23.5 Å². The SMILES string of the molecule is O=S1(=O)CCc2cnc(CC3CCNC3)nc2C1. The average molecular weight is 267 g/mol. The zero-order valence-corrected chi connectivity index (χ0v) is 11.0. The van der Waals surface area contributed by atoms with Gasteiger partial charge in [-0.05, 0) is 37.4 Å². The van der Waals surface area contributed by atoms with Gasteiger partial charge in [0.05, 0.1) is 17.2 Å². The molecule has 0 bridgehead atoms. The molecule has 1 aromatic rings. The fourth-order valence-electron chi connectivity index (χ4n) is 2.61. The summed E-state index contributed by atoms with van der Waals surface area (Å²) in [7, 11) is -2.94. The monoisotopic (exact) mass is 267 g/mol. The van der Waals surface area contributed by atoms with Gasteiger partial charge in [0.2, 0.25) is 0 Å². The van der Waals surface area contributed by atoms with Crippen LogP contribution in [0, 0.1) is 5.92 Å². The van der Waals surface area contributed by atoms with Crippen LogP contribution in [0.5, 0.6) is 0 Å². The Morgan fingerprint density at radius 3 is 3.11 bits per heavy atom. The molecule has 2 aliphatic rings. The van der Waals surface area contributed by atoms with E-state index in [1.54, 1.807) is 0 Å². The van der Waals surface area contributed by atoms with Gasteiger partial charge in [0, 0.05) is 12.6 Å². The Hall–Kier alpha value is -1.01. The van der Waals surface area contributed by atoms with Gasteiger partial charge in [-0.1, -0.05) is 0 Å². The van der Waals surface area contributed by atoms with Crippen molar-refractivity contribution < 1.29 is 8.42 Å². The van der Waals surface area contributed by atoms with E-state index < -0.39 is 9.84 Å². The zero-order chi connectivity index (χ0) is 12.6. The number of fused-ring (bicyclic) bond motifs is 1. The van der Waals surface area contributed by atoms with Gasteiger partial charge in [-0.25, -0.2) is 18.4 Å². The lowest BCUT2D eigenvalue weighted by Crippen LogP contribution is -2.22. The standard InChI is InChI=1S/C12H17N3O2S/c16-18(17)4-2-10-7-14-12(15-11(10)8-18)5-9-1-3-13-6-9/h7,9,13H,1-6,8H2. The number of aromatic nitrogens is 2. The van der Waals surface area contributed by atoms with E-state index in [9.17, 15) is 8.42 Å². The Morgan fingerprint density at radius 1 is 1.44 bits per heavy atom. The first-order valence-electron chi connectivity index (χ1n) is 6.37. The van der Waals surface area contributed by atoms with Crippen molar-refractivity contribution in [3.63, 3.8) is 0 Å². The molecule has 0 saturated carbocycles. The largest absolute Gasteiger partial charge is 0.316 e. The fourth-order valence-corrected chi connectivity index (χ4v) is 3.95. The van der Waals surface area contributed by atoms with E-state index >= 15 is 0 Å². The predicted octanol–water partition coefficient (Wildman–Crippen LogP) is 0.0995. The van der Waals surface area contributed by atoms with Crippen molar-refractivity contribution in [3.05, 3.63) is 23.3 Å². The molecule has 0 amide bonds. The van der Waals surface area contributed by atoms with Crippen LogP contribution in [0.15, 0.2) is 6.20 Å². The summed E-state index contributed by atoms with van der Waals surface area (Å²) < 4.78 is 23.2. The fraction of sp³-hybridized carbons (Fsp3) is 0.667. The second-order valence-electron chi connectivity index (χ2n) is 5.16. The first-order valence-corrected chi connectivity index (χ1v) is 8.19. The van der Waals surface area contributed by atoms with E-state index in [1.807, 2.05) is 6.20 Å². The number of rotatable bonds is 2. The Balaban J connectivity index is 1.81. The molecule has 3 rings (SSSR count). The quantitative estimate of drug-likeness (QED) is 0.823. The van der Waals surface area contributed by atoms with Crippen molar-refractivity contribution in [2.75, 3.05) is 18.8 Å². The molecule has 98 valence electrons. The summed E-state index contributed by atoms with van der Waals surface area (Å²) in [5.74, 6) is 1.69. The number of hydrogen-bond donors (Lipinski definition) is 1. The van der Waals surface area contributed by atoms with Crippen LogP contribution < -0.4 is 5.32 Å². The number of nitrogens with zero attached hydrogens (tertiary/aromatic N) is 2. The Morgan fingerprint density at radius 2 is 2.33 bits per heavy atom. The molecular formula is C12H17N3O2S.